The molecule has 0 spiro atoms. The Morgan fingerprint density at radius 2 is 2.24 bits per heavy atom. The number of aromatic nitrogens is 3. The van der Waals surface area contributed by atoms with Gasteiger partial charge in [-0.05, 0) is 19.1 Å². The summed E-state index contributed by atoms with van der Waals surface area (Å²) in [5.41, 5.74) is 0.798. The molecule has 0 saturated carbocycles. The number of nitrogens with one attached hydrogen (secondary N) is 1. The van der Waals surface area contributed by atoms with Gasteiger partial charge in [0.2, 0.25) is 5.91 Å². The van der Waals surface area contributed by atoms with E-state index in [-0.39, 0.29) is 11.9 Å². The molecular formula is C15H20N4O2. The van der Waals surface area contributed by atoms with E-state index >= 15 is 0 Å². The molecule has 6 nitrogen and oxygen atoms in total. The predicted molar refractivity (Wildman–Crippen MR) is 78.6 cm³/mol. The van der Waals surface area contributed by atoms with E-state index in [1.165, 1.54) is 0 Å². The van der Waals surface area contributed by atoms with Gasteiger partial charge in [-0.2, -0.15) is 0 Å². The molecule has 0 bridgehead atoms. The van der Waals surface area contributed by atoms with Gasteiger partial charge in [-0.3, -0.25) is 9.78 Å². The maximum atomic E-state index is 12.1. The molecule has 1 N–H and O–H groups in total. The minimum Gasteiger partial charge on any atom is -0.382 e. The zero-order chi connectivity index (χ0) is 15.1. The number of methoxy groups -OCH3 is 1. The highest BCUT2D eigenvalue weighted by Crippen LogP contribution is 2.10. The fourth-order valence-corrected chi connectivity index (χ4v) is 2.08. The first-order valence-electron chi connectivity index (χ1n) is 6.87. The highest BCUT2D eigenvalue weighted by molar-refractivity contribution is 5.76. The van der Waals surface area contributed by atoms with Crippen LogP contribution in [0.2, 0.25) is 0 Å². The van der Waals surface area contributed by atoms with Gasteiger partial charge in [0, 0.05) is 38.7 Å². The van der Waals surface area contributed by atoms with Gasteiger partial charge in [-0.1, -0.05) is 6.07 Å². The summed E-state index contributed by atoms with van der Waals surface area (Å²) < 4.78 is 7.11. The third-order valence-electron chi connectivity index (χ3n) is 3.22. The molecule has 0 aliphatic rings. The highest BCUT2D eigenvalue weighted by Gasteiger charge is 2.15. The van der Waals surface area contributed by atoms with E-state index in [0.29, 0.717) is 19.6 Å². The first-order valence-corrected chi connectivity index (χ1v) is 6.87. The van der Waals surface area contributed by atoms with Crippen LogP contribution in [0.15, 0.2) is 36.8 Å². The van der Waals surface area contributed by atoms with Crippen LogP contribution in [0, 0.1) is 6.92 Å². The third-order valence-corrected chi connectivity index (χ3v) is 3.22. The molecule has 21 heavy (non-hydrogen) atoms. The van der Waals surface area contributed by atoms with Crippen LogP contribution in [0.4, 0.5) is 0 Å². The van der Waals surface area contributed by atoms with Gasteiger partial charge < -0.3 is 14.6 Å². The van der Waals surface area contributed by atoms with Crippen molar-refractivity contribution < 1.29 is 9.53 Å². The van der Waals surface area contributed by atoms with E-state index in [4.69, 9.17) is 4.74 Å². The van der Waals surface area contributed by atoms with Crippen LogP contribution in [-0.4, -0.2) is 34.2 Å². The average molecular weight is 288 g/mol. The summed E-state index contributed by atoms with van der Waals surface area (Å²) >= 11 is 0. The first-order chi connectivity index (χ1) is 10.2. The van der Waals surface area contributed by atoms with Crippen molar-refractivity contribution in [1.82, 2.24) is 19.9 Å². The lowest BCUT2D eigenvalue weighted by molar-refractivity contribution is -0.122. The number of carbonyl (C=O) groups is 1. The van der Waals surface area contributed by atoms with Crippen molar-refractivity contribution in [3.05, 3.63) is 48.3 Å². The van der Waals surface area contributed by atoms with Crippen LogP contribution in [-0.2, 0) is 16.1 Å². The number of aryl methyl sites for hydroxylation is 2. The number of ether oxygens (including phenoxy) is 1. The molecule has 0 aliphatic heterocycles. The molecule has 112 valence electrons. The Balaban J connectivity index is 1.91. The highest BCUT2D eigenvalue weighted by atomic mass is 16.5. The molecule has 2 aromatic heterocycles. The van der Waals surface area contributed by atoms with Crippen LogP contribution >= 0.6 is 0 Å². The van der Waals surface area contributed by atoms with Gasteiger partial charge in [0.25, 0.3) is 0 Å². The lowest BCUT2D eigenvalue weighted by Gasteiger charge is -2.17. The molecule has 0 fully saturated rings. The molecule has 0 aliphatic carbocycles. The monoisotopic (exact) mass is 288 g/mol. The van der Waals surface area contributed by atoms with Crippen molar-refractivity contribution >= 4 is 5.91 Å². The van der Waals surface area contributed by atoms with Crippen LogP contribution in [0.25, 0.3) is 0 Å². The van der Waals surface area contributed by atoms with Crippen molar-refractivity contribution in [3.8, 4) is 0 Å². The van der Waals surface area contributed by atoms with Gasteiger partial charge in [0.1, 0.15) is 5.82 Å². The Morgan fingerprint density at radius 3 is 2.86 bits per heavy atom. The van der Waals surface area contributed by atoms with Gasteiger partial charge in [-0.15, -0.1) is 0 Å². The van der Waals surface area contributed by atoms with Gasteiger partial charge in [0.05, 0.1) is 18.3 Å². The number of rotatable bonds is 7. The standard InChI is InChI=1S/C15H20N4O2/c1-12-16-8-10-19(12)9-6-15(20)18-14(11-21-2)13-5-3-4-7-17-13/h3-5,7-8,10,14H,6,9,11H2,1-2H3,(H,18,20). The quantitative estimate of drug-likeness (QED) is 0.838. The second-order valence-electron chi connectivity index (χ2n) is 4.75. The number of nitrogens with zero attached hydrogens (tertiary/aromatic N) is 3. The fourth-order valence-electron chi connectivity index (χ4n) is 2.08. The molecule has 1 unspecified atom stereocenters. The van der Waals surface area contributed by atoms with Gasteiger partial charge in [-0.25, -0.2) is 4.98 Å². The minimum absolute atomic E-state index is 0.0317. The molecule has 0 aromatic carbocycles. The van der Waals surface area contributed by atoms with E-state index in [9.17, 15) is 4.79 Å². The van der Waals surface area contributed by atoms with Crippen LogP contribution in [0.3, 0.4) is 0 Å². The Bertz CT molecular complexity index is 568. The Hall–Kier alpha value is -2.21. The van der Waals surface area contributed by atoms with E-state index in [1.807, 2.05) is 35.9 Å². The summed E-state index contributed by atoms with van der Waals surface area (Å²) in [6, 6.07) is 5.39. The van der Waals surface area contributed by atoms with Gasteiger partial charge in [0.15, 0.2) is 0 Å². The summed E-state index contributed by atoms with van der Waals surface area (Å²) in [4.78, 5) is 20.5. The first kappa shape index (κ1) is 15.2. The van der Waals surface area contributed by atoms with Gasteiger partial charge >= 0.3 is 0 Å². The maximum absolute atomic E-state index is 12.1. The predicted octanol–water partition coefficient (Wildman–Crippen LogP) is 1.48. The number of hydrogen-bond acceptors (Lipinski definition) is 4. The SMILES string of the molecule is COCC(NC(=O)CCn1ccnc1C)c1ccccn1. The molecule has 2 aromatic rings. The van der Waals surface area contributed by atoms with E-state index in [2.05, 4.69) is 15.3 Å². The van der Waals surface area contributed by atoms with Crippen molar-refractivity contribution in [1.29, 1.82) is 0 Å². The topological polar surface area (TPSA) is 69.0 Å². The lowest BCUT2D eigenvalue weighted by Crippen LogP contribution is -2.32. The van der Waals surface area contributed by atoms with Crippen molar-refractivity contribution in [2.45, 2.75) is 25.9 Å². The zero-order valence-electron chi connectivity index (χ0n) is 12.3. The molecule has 2 heterocycles. The normalized spacial score (nSPS) is 12.1. The summed E-state index contributed by atoms with van der Waals surface area (Å²) in [7, 11) is 1.61. The Morgan fingerprint density at radius 1 is 1.38 bits per heavy atom. The van der Waals surface area contributed by atoms with Crippen LogP contribution < -0.4 is 5.32 Å². The maximum Gasteiger partial charge on any atom is 0.222 e. The average Bonchev–Trinajstić information content (AvgIpc) is 2.91. The van der Waals surface area contributed by atoms with Crippen LogP contribution in [0.5, 0.6) is 0 Å². The third kappa shape index (κ3) is 4.39. The second kappa shape index (κ2) is 7.54. The number of carbonyl (C=O) groups excluding carboxylic acids is 1. The molecule has 2 rings (SSSR count). The Labute approximate surface area is 124 Å². The summed E-state index contributed by atoms with van der Waals surface area (Å²) in [5, 5.41) is 2.96. The second-order valence-corrected chi connectivity index (χ2v) is 4.75. The lowest BCUT2D eigenvalue weighted by atomic mass is 10.2. The molecule has 0 radical (unpaired) electrons. The summed E-state index contributed by atoms with van der Waals surface area (Å²) in [6.45, 7) is 2.92. The van der Waals surface area contributed by atoms with Crippen LogP contribution in [0.1, 0.15) is 24.0 Å². The number of pyridine rings is 1. The number of amides is 1. The van der Waals surface area contributed by atoms with E-state index in [0.717, 1.165) is 11.5 Å². The minimum atomic E-state index is -0.229. The summed E-state index contributed by atoms with van der Waals surface area (Å²) in [6.07, 6.45) is 5.70. The van der Waals surface area contributed by atoms with E-state index < -0.39 is 0 Å². The van der Waals surface area contributed by atoms with Crippen molar-refractivity contribution in [2.75, 3.05) is 13.7 Å². The van der Waals surface area contributed by atoms with Crippen molar-refractivity contribution in [2.24, 2.45) is 0 Å². The molecular weight excluding hydrogens is 268 g/mol. The molecule has 6 heteroatoms. The number of imidazole rings is 1. The molecule has 1 amide bonds. The zero-order valence-corrected chi connectivity index (χ0v) is 12.3. The smallest absolute Gasteiger partial charge is 0.222 e. The largest absolute Gasteiger partial charge is 0.382 e. The Kier molecular flexibility index (Phi) is 5.45. The summed E-state index contributed by atoms with van der Waals surface area (Å²) in [5.74, 6) is 0.872. The fraction of sp³-hybridized carbons (Fsp3) is 0.400. The number of hydrogen-bond donors (Lipinski definition) is 1. The molecule has 1 atom stereocenters. The van der Waals surface area contributed by atoms with E-state index in [1.54, 1.807) is 19.5 Å². The molecule has 0 saturated heterocycles. The van der Waals surface area contributed by atoms with Crippen molar-refractivity contribution in [3.63, 3.8) is 0 Å².